The number of hydrogen-bond acceptors (Lipinski definition) is 4. The van der Waals surface area contributed by atoms with Crippen LogP contribution in [0.2, 0.25) is 0 Å². The molecule has 2 aromatic rings. The summed E-state index contributed by atoms with van der Waals surface area (Å²) in [4.78, 5) is 11.6. The van der Waals surface area contributed by atoms with E-state index < -0.39 is 0 Å². The Balaban J connectivity index is 1.65. The fourth-order valence-electron chi connectivity index (χ4n) is 1.64. The van der Waals surface area contributed by atoms with Crippen LogP contribution in [0, 0.1) is 6.92 Å². The molecule has 1 aromatic heterocycles. The number of nitrogens with zero attached hydrogens (tertiary/aromatic N) is 1. The van der Waals surface area contributed by atoms with Crippen LogP contribution in [0.5, 0.6) is 0 Å². The summed E-state index contributed by atoms with van der Waals surface area (Å²) in [6, 6.07) is 11.6. The molecule has 1 amide bonds. The third-order valence-corrected chi connectivity index (χ3v) is 2.62. The van der Waals surface area contributed by atoms with E-state index in [9.17, 15) is 4.79 Å². The van der Waals surface area contributed by atoms with E-state index in [1.807, 2.05) is 37.3 Å². The molecule has 1 aromatic carbocycles. The summed E-state index contributed by atoms with van der Waals surface area (Å²) in [7, 11) is 0. The predicted molar refractivity (Wildman–Crippen MR) is 72.6 cm³/mol. The van der Waals surface area contributed by atoms with Gasteiger partial charge in [-0.15, -0.1) is 0 Å². The molecule has 19 heavy (non-hydrogen) atoms. The maximum atomic E-state index is 11.6. The normalized spacial score (nSPS) is 10.2. The number of anilines is 1. The molecule has 0 saturated carbocycles. The zero-order valence-corrected chi connectivity index (χ0v) is 10.8. The SMILES string of the molecule is Cc1cc(NCCC(=O)NCc2ccccc2)no1. The minimum atomic E-state index is 0.0107. The highest BCUT2D eigenvalue weighted by Gasteiger charge is 2.03. The summed E-state index contributed by atoms with van der Waals surface area (Å²) in [5.74, 6) is 1.42. The Kier molecular flexibility index (Phi) is 4.55. The van der Waals surface area contributed by atoms with Crippen molar-refractivity contribution in [2.45, 2.75) is 19.9 Å². The molecule has 2 rings (SSSR count). The number of rotatable bonds is 6. The van der Waals surface area contributed by atoms with E-state index in [2.05, 4.69) is 15.8 Å². The highest BCUT2D eigenvalue weighted by Crippen LogP contribution is 2.06. The summed E-state index contributed by atoms with van der Waals surface area (Å²) in [5.41, 5.74) is 1.09. The van der Waals surface area contributed by atoms with Crippen molar-refractivity contribution in [1.29, 1.82) is 0 Å². The molecule has 0 radical (unpaired) electrons. The molecule has 0 aliphatic rings. The van der Waals surface area contributed by atoms with Crippen LogP contribution in [-0.4, -0.2) is 17.6 Å². The monoisotopic (exact) mass is 259 g/mol. The Morgan fingerprint density at radius 2 is 2.11 bits per heavy atom. The van der Waals surface area contributed by atoms with E-state index in [1.54, 1.807) is 6.07 Å². The number of nitrogens with one attached hydrogen (secondary N) is 2. The molecule has 0 aliphatic carbocycles. The van der Waals surface area contributed by atoms with Crippen molar-refractivity contribution in [3.05, 3.63) is 47.7 Å². The average Bonchev–Trinajstić information content (AvgIpc) is 2.83. The highest BCUT2D eigenvalue weighted by molar-refractivity contribution is 5.76. The summed E-state index contributed by atoms with van der Waals surface area (Å²) in [5, 5.41) is 9.68. The van der Waals surface area contributed by atoms with Gasteiger partial charge in [0.15, 0.2) is 5.82 Å². The van der Waals surface area contributed by atoms with Gasteiger partial charge in [-0.3, -0.25) is 4.79 Å². The lowest BCUT2D eigenvalue weighted by molar-refractivity contribution is -0.121. The van der Waals surface area contributed by atoms with Crippen LogP contribution in [0.1, 0.15) is 17.7 Å². The topological polar surface area (TPSA) is 67.2 Å². The molecule has 0 fully saturated rings. The lowest BCUT2D eigenvalue weighted by atomic mass is 10.2. The molecular weight excluding hydrogens is 242 g/mol. The second kappa shape index (κ2) is 6.58. The quantitative estimate of drug-likeness (QED) is 0.833. The number of amides is 1. The van der Waals surface area contributed by atoms with Gasteiger partial charge in [-0.2, -0.15) is 0 Å². The molecule has 0 bridgehead atoms. The molecule has 2 N–H and O–H groups in total. The average molecular weight is 259 g/mol. The van der Waals surface area contributed by atoms with Crippen LogP contribution in [-0.2, 0) is 11.3 Å². The molecule has 0 spiro atoms. The number of hydrogen-bond donors (Lipinski definition) is 2. The third-order valence-electron chi connectivity index (χ3n) is 2.62. The Labute approximate surface area is 112 Å². The van der Waals surface area contributed by atoms with Crippen LogP contribution in [0.15, 0.2) is 40.9 Å². The lowest BCUT2D eigenvalue weighted by Gasteiger charge is -2.05. The van der Waals surface area contributed by atoms with E-state index in [0.29, 0.717) is 25.3 Å². The molecular formula is C14H17N3O2. The van der Waals surface area contributed by atoms with Crippen molar-refractivity contribution < 1.29 is 9.32 Å². The Hall–Kier alpha value is -2.30. The van der Waals surface area contributed by atoms with Crippen molar-refractivity contribution in [3.8, 4) is 0 Å². The number of aryl methyl sites for hydroxylation is 1. The molecule has 5 heteroatoms. The Bertz CT molecular complexity index is 522. The summed E-state index contributed by atoms with van der Waals surface area (Å²) in [6.07, 6.45) is 0.402. The zero-order valence-electron chi connectivity index (χ0n) is 10.8. The standard InChI is InChI=1S/C14H17N3O2/c1-11-9-13(17-19-11)15-8-7-14(18)16-10-12-5-3-2-4-6-12/h2-6,9H,7-8,10H2,1H3,(H,15,17)(H,16,18). The van der Waals surface area contributed by atoms with Gasteiger partial charge < -0.3 is 15.2 Å². The Morgan fingerprint density at radius 1 is 1.32 bits per heavy atom. The van der Waals surface area contributed by atoms with E-state index in [0.717, 1.165) is 11.3 Å². The van der Waals surface area contributed by atoms with Crippen LogP contribution < -0.4 is 10.6 Å². The van der Waals surface area contributed by atoms with Crippen LogP contribution in [0.4, 0.5) is 5.82 Å². The molecule has 0 atom stereocenters. The van der Waals surface area contributed by atoms with Gasteiger partial charge in [-0.1, -0.05) is 35.5 Å². The highest BCUT2D eigenvalue weighted by atomic mass is 16.5. The number of carbonyl (C=O) groups is 1. The smallest absolute Gasteiger partial charge is 0.222 e. The molecule has 0 unspecified atom stereocenters. The van der Waals surface area contributed by atoms with Gasteiger partial charge in [-0.25, -0.2) is 0 Å². The van der Waals surface area contributed by atoms with Gasteiger partial charge in [0, 0.05) is 25.6 Å². The first-order chi connectivity index (χ1) is 9.24. The van der Waals surface area contributed by atoms with Gasteiger partial charge in [0.25, 0.3) is 0 Å². The van der Waals surface area contributed by atoms with Gasteiger partial charge in [0.05, 0.1) is 0 Å². The summed E-state index contributed by atoms with van der Waals surface area (Å²) >= 11 is 0. The fraction of sp³-hybridized carbons (Fsp3) is 0.286. The number of carbonyl (C=O) groups excluding carboxylic acids is 1. The summed E-state index contributed by atoms with van der Waals surface area (Å²) < 4.78 is 4.91. The van der Waals surface area contributed by atoms with Crippen LogP contribution >= 0.6 is 0 Å². The maximum absolute atomic E-state index is 11.6. The van der Waals surface area contributed by atoms with Crippen molar-refractivity contribution in [2.75, 3.05) is 11.9 Å². The number of aromatic nitrogens is 1. The van der Waals surface area contributed by atoms with Crippen molar-refractivity contribution in [2.24, 2.45) is 0 Å². The largest absolute Gasteiger partial charge is 0.367 e. The minimum absolute atomic E-state index is 0.0107. The lowest BCUT2D eigenvalue weighted by Crippen LogP contribution is -2.24. The molecule has 5 nitrogen and oxygen atoms in total. The van der Waals surface area contributed by atoms with Crippen molar-refractivity contribution in [1.82, 2.24) is 10.5 Å². The van der Waals surface area contributed by atoms with Gasteiger partial charge in [0.1, 0.15) is 5.76 Å². The molecule has 100 valence electrons. The molecule has 1 heterocycles. The summed E-state index contributed by atoms with van der Waals surface area (Å²) in [6.45, 7) is 2.92. The van der Waals surface area contributed by atoms with Gasteiger partial charge >= 0.3 is 0 Å². The van der Waals surface area contributed by atoms with Crippen molar-refractivity contribution in [3.63, 3.8) is 0 Å². The first-order valence-corrected chi connectivity index (χ1v) is 6.22. The Morgan fingerprint density at radius 3 is 2.79 bits per heavy atom. The molecule has 0 saturated heterocycles. The predicted octanol–water partition coefficient (Wildman–Crippen LogP) is 2.10. The van der Waals surface area contributed by atoms with E-state index in [-0.39, 0.29) is 5.91 Å². The fourth-order valence-corrected chi connectivity index (χ4v) is 1.64. The van der Waals surface area contributed by atoms with E-state index in [1.165, 1.54) is 0 Å². The van der Waals surface area contributed by atoms with Crippen LogP contribution in [0.25, 0.3) is 0 Å². The minimum Gasteiger partial charge on any atom is -0.367 e. The first kappa shape index (κ1) is 13.1. The van der Waals surface area contributed by atoms with Gasteiger partial charge in [-0.05, 0) is 12.5 Å². The van der Waals surface area contributed by atoms with E-state index in [4.69, 9.17) is 4.52 Å². The zero-order chi connectivity index (χ0) is 13.5. The number of benzene rings is 1. The van der Waals surface area contributed by atoms with E-state index >= 15 is 0 Å². The second-order valence-corrected chi connectivity index (χ2v) is 4.26. The second-order valence-electron chi connectivity index (χ2n) is 4.26. The third kappa shape index (κ3) is 4.46. The van der Waals surface area contributed by atoms with Gasteiger partial charge in [0.2, 0.25) is 5.91 Å². The molecule has 0 aliphatic heterocycles. The maximum Gasteiger partial charge on any atom is 0.222 e. The first-order valence-electron chi connectivity index (χ1n) is 6.22. The van der Waals surface area contributed by atoms with Crippen LogP contribution in [0.3, 0.4) is 0 Å². The van der Waals surface area contributed by atoms with Crippen molar-refractivity contribution >= 4 is 11.7 Å².